The molecule has 2 heterocycles. The van der Waals surface area contributed by atoms with Crippen molar-refractivity contribution in [3.63, 3.8) is 0 Å². The lowest BCUT2D eigenvalue weighted by Gasteiger charge is -2.29. The largest absolute Gasteiger partial charge is 0.317 e. The third kappa shape index (κ3) is 2.09. The minimum absolute atomic E-state index is 0.0359. The van der Waals surface area contributed by atoms with E-state index in [1.165, 1.54) is 0 Å². The Kier molecular flexibility index (Phi) is 2.85. The maximum atomic E-state index is 12.2. The summed E-state index contributed by atoms with van der Waals surface area (Å²) in [5.41, 5.74) is 3.07. The van der Waals surface area contributed by atoms with E-state index >= 15 is 0 Å². The summed E-state index contributed by atoms with van der Waals surface area (Å²) >= 11 is 0. The Hall–Kier alpha value is -1.84. The number of hydrogen-bond donors (Lipinski definition) is 0. The lowest BCUT2D eigenvalue weighted by molar-refractivity contribution is 0.0911. The van der Waals surface area contributed by atoms with E-state index < -0.39 is 0 Å². The van der Waals surface area contributed by atoms with Gasteiger partial charge < -0.3 is 4.57 Å². The van der Waals surface area contributed by atoms with Crippen molar-refractivity contribution in [3.8, 4) is 5.69 Å². The quantitative estimate of drug-likeness (QED) is 0.839. The Morgan fingerprint density at radius 1 is 1.30 bits per heavy atom. The van der Waals surface area contributed by atoms with Crippen LogP contribution in [0.3, 0.4) is 0 Å². The molecule has 2 aromatic rings. The van der Waals surface area contributed by atoms with Crippen molar-refractivity contribution in [2.75, 3.05) is 0 Å². The molecule has 0 atom stereocenters. The fraction of sp³-hybridized carbons (Fsp3) is 0.500. The second kappa shape index (κ2) is 4.33. The number of rotatable bonds is 2. The molecule has 1 aliphatic carbocycles. The number of fused-ring (bicyclic) bond motifs is 1. The van der Waals surface area contributed by atoms with Crippen LogP contribution in [0.2, 0.25) is 0 Å². The second-order valence-corrected chi connectivity index (χ2v) is 6.76. The monoisotopic (exact) mass is 271 g/mol. The standard InChI is InChI=1S/C16H21N3O/c1-11(2)19-10-12(9-17-19)18-6-5-13-14(18)7-16(3,4)8-15(13)20/h5-6,9-11H,7-8H2,1-4H3. The summed E-state index contributed by atoms with van der Waals surface area (Å²) in [5, 5.41) is 4.39. The lowest BCUT2D eigenvalue weighted by Crippen LogP contribution is -2.27. The molecule has 0 N–H and O–H groups in total. The van der Waals surface area contributed by atoms with Crippen LogP contribution in [-0.2, 0) is 6.42 Å². The van der Waals surface area contributed by atoms with Crippen LogP contribution < -0.4 is 0 Å². The van der Waals surface area contributed by atoms with Gasteiger partial charge in [0.25, 0.3) is 0 Å². The van der Waals surface area contributed by atoms with Crippen LogP contribution in [0, 0.1) is 5.41 Å². The van der Waals surface area contributed by atoms with Gasteiger partial charge in [-0.1, -0.05) is 13.8 Å². The Balaban J connectivity index is 2.06. The van der Waals surface area contributed by atoms with Gasteiger partial charge in [-0.05, 0) is 31.7 Å². The molecule has 1 aliphatic rings. The SMILES string of the molecule is CC(C)n1cc(-n2ccc3c2CC(C)(C)CC3=O)cn1. The number of hydrogen-bond acceptors (Lipinski definition) is 2. The first-order valence-electron chi connectivity index (χ1n) is 7.15. The fourth-order valence-electron chi connectivity index (χ4n) is 2.92. The zero-order valence-corrected chi connectivity index (χ0v) is 12.6. The molecule has 0 aromatic carbocycles. The Morgan fingerprint density at radius 3 is 2.70 bits per heavy atom. The summed E-state index contributed by atoms with van der Waals surface area (Å²) in [6.07, 6.45) is 7.46. The highest BCUT2D eigenvalue weighted by atomic mass is 16.1. The summed E-state index contributed by atoms with van der Waals surface area (Å²) in [5.74, 6) is 0.256. The fourth-order valence-corrected chi connectivity index (χ4v) is 2.92. The van der Waals surface area contributed by atoms with Gasteiger partial charge in [-0.3, -0.25) is 9.48 Å². The van der Waals surface area contributed by atoms with Crippen molar-refractivity contribution in [3.05, 3.63) is 35.9 Å². The normalized spacial score (nSPS) is 17.6. The molecule has 0 aliphatic heterocycles. The number of ketones is 1. The van der Waals surface area contributed by atoms with Crippen molar-refractivity contribution in [1.82, 2.24) is 14.3 Å². The Bertz CT molecular complexity index is 661. The van der Waals surface area contributed by atoms with Crippen molar-refractivity contribution in [2.45, 2.75) is 46.6 Å². The molecule has 4 nitrogen and oxygen atoms in total. The van der Waals surface area contributed by atoms with Crippen molar-refractivity contribution in [1.29, 1.82) is 0 Å². The molecular weight excluding hydrogens is 250 g/mol. The number of carbonyl (C=O) groups excluding carboxylic acids is 1. The molecule has 0 fully saturated rings. The van der Waals surface area contributed by atoms with Gasteiger partial charge in [0, 0.05) is 36.1 Å². The van der Waals surface area contributed by atoms with Gasteiger partial charge in [0.2, 0.25) is 0 Å². The summed E-state index contributed by atoms with van der Waals surface area (Å²) in [6, 6.07) is 2.29. The van der Waals surface area contributed by atoms with Gasteiger partial charge in [0.1, 0.15) is 0 Å². The first-order chi connectivity index (χ1) is 9.37. The van der Waals surface area contributed by atoms with Gasteiger partial charge >= 0.3 is 0 Å². The zero-order valence-electron chi connectivity index (χ0n) is 12.6. The van der Waals surface area contributed by atoms with Crippen LogP contribution in [0.1, 0.15) is 56.2 Å². The topological polar surface area (TPSA) is 39.8 Å². The van der Waals surface area contributed by atoms with Crippen molar-refractivity contribution < 1.29 is 4.79 Å². The second-order valence-electron chi connectivity index (χ2n) is 6.76. The van der Waals surface area contributed by atoms with E-state index in [-0.39, 0.29) is 11.2 Å². The van der Waals surface area contributed by atoms with Crippen molar-refractivity contribution in [2.24, 2.45) is 5.41 Å². The highest BCUT2D eigenvalue weighted by molar-refractivity contribution is 5.99. The summed E-state index contributed by atoms with van der Waals surface area (Å²) in [6.45, 7) is 8.52. The molecule has 2 aromatic heterocycles. The Morgan fingerprint density at radius 2 is 2.05 bits per heavy atom. The van der Waals surface area contributed by atoms with Gasteiger partial charge in [-0.15, -0.1) is 0 Å². The van der Waals surface area contributed by atoms with Gasteiger partial charge in [-0.25, -0.2) is 0 Å². The first-order valence-corrected chi connectivity index (χ1v) is 7.15. The predicted molar refractivity (Wildman–Crippen MR) is 78.4 cm³/mol. The van der Waals surface area contributed by atoms with Gasteiger partial charge in [0.05, 0.1) is 11.9 Å². The molecule has 20 heavy (non-hydrogen) atoms. The van der Waals surface area contributed by atoms with Crippen LogP contribution in [0.25, 0.3) is 5.69 Å². The van der Waals surface area contributed by atoms with Crippen LogP contribution >= 0.6 is 0 Å². The van der Waals surface area contributed by atoms with E-state index in [1.54, 1.807) is 0 Å². The van der Waals surface area contributed by atoms with Crippen LogP contribution in [-0.4, -0.2) is 20.1 Å². The minimum Gasteiger partial charge on any atom is -0.317 e. The molecule has 0 saturated carbocycles. The van der Waals surface area contributed by atoms with E-state index in [0.29, 0.717) is 12.5 Å². The first kappa shape index (κ1) is 13.2. The van der Waals surface area contributed by atoms with Crippen molar-refractivity contribution >= 4 is 5.78 Å². The van der Waals surface area contributed by atoms with Crippen LogP contribution in [0.15, 0.2) is 24.7 Å². The lowest BCUT2D eigenvalue weighted by atomic mass is 9.76. The molecular formula is C16H21N3O. The van der Waals surface area contributed by atoms with Crippen LogP contribution in [0.4, 0.5) is 0 Å². The van der Waals surface area contributed by atoms with E-state index in [1.807, 2.05) is 29.3 Å². The molecule has 0 spiro atoms. The number of carbonyl (C=O) groups is 1. The van der Waals surface area contributed by atoms with Gasteiger partial charge in [0.15, 0.2) is 5.78 Å². The zero-order chi connectivity index (χ0) is 14.5. The summed E-state index contributed by atoms with van der Waals surface area (Å²) in [7, 11) is 0. The maximum absolute atomic E-state index is 12.2. The molecule has 0 saturated heterocycles. The molecule has 3 rings (SSSR count). The summed E-state index contributed by atoms with van der Waals surface area (Å²) in [4.78, 5) is 12.2. The maximum Gasteiger partial charge on any atom is 0.165 e. The molecule has 106 valence electrons. The summed E-state index contributed by atoms with van der Waals surface area (Å²) < 4.78 is 4.05. The van der Waals surface area contributed by atoms with E-state index in [4.69, 9.17) is 0 Å². The number of aromatic nitrogens is 3. The molecule has 4 heteroatoms. The average molecular weight is 271 g/mol. The minimum atomic E-state index is 0.0359. The third-order valence-electron chi connectivity index (χ3n) is 3.97. The van der Waals surface area contributed by atoms with E-state index in [2.05, 4.69) is 37.4 Å². The highest BCUT2D eigenvalue weighted by Gasteiger charge is 2.33. The number of nitrogens with zero attached hydrogens (tertiary/aromatic N) is 3. The smallest absolute Gasteiger partial charge is 0.165 e. The Labute approximate surface area is 119 Å². The molecule has 0 amide bonds. The molecule has 0 unspecified atom stereocenters. The van der Waals surface area contributed by atoms with Crippen LogP contribution in [0.5, 0.6) is 0 Å². The van der Waals surface area contributed by atoms with Gasteiger partial charge in [-0.2, -0.15) is 5.10 Å². The number of Topliss-reactive ketones (excluding diaryl/α,β-unsaturated/α-hetero) is 1. The van der Waals surface area contributed by atoms with E-state index in [9.17, 15) is 4.79 Å². The molecule has 0 bridgehead atoms. The van der Waals surface area contributed by atoms with E-state index in [0.717, 1.165) is 23.4 Å². The molecule has 0 radical (unpaired) electrons. The highest BCUT2D eigenvalue weighted by Crippen LogP contribution is 2.36. The third-order valence-corrected chi connectivity index (χ3v) is 3.97. The average Bonchev–Trinajstić information content (AvgIpc) is 2.92. The predicted octanol–water partition coefficient (Wildman–Crippen LogP) is 3.41.